The van der Waals surface area contributed by atoms with Crippen LogP contribution in [-0.2, 0) is 0 Å². The Hall–Kier alpha value is -1.69. The van der Waals surface area contributed by atoms with Crippen molar-refractivity contribution in [3.05, 3.63) is 69.7 Å². The minimum atomic E-state index is -0.0469. The highest BCUT2D eigenvalue weighted by Crippen LogP contribution is 2.13. The molecule has 3 nitrogen and oxygen atoms in total. The number of nitrogens with zero attached hydrogens (tertiary/aromatic N) is 2. The first kappa shape index (κ1) is 11.4. The van der Waals surface area contributed by atoms with Gasteiger partial charge < -0.3 is 4.40 Å². The van der Waals surface area contributed by atoms with Gasteiger partial charge in [-0.2, -0.15) is 0 Å². The van der Waals surface area contributed by atoms with E-state index in [1.165, 1.54) is 0 Å². The van der Waals surface area contributed by atoms with Gasteiger partial charge in [0.15, 0.2) is 0 Å². The SMILES string of the molecule is O=C(c1ccccc1)c1cn2cc(I)ccc2n1. The average molecular weight is 348 g/mol. The number of hydrogen-bond acceptors (Lipinski definition) is 2. The number of carbonyl (C=O) groups is 1. The van der Waals surface area contributed by atoms with Gasteiger partial charge in [0.25, 0.3) is 0 Å². The summed E-state index contributed by atoms with van der Waals surface area (Å²) in [4.78, 5) is 16.6. The zero-order valence-corrected chi connectivity index (χ0v) is 11.5. The highest BCUT2D eigenvalue weighted by atomic mass is 127. The molecular formula is C14H9IN2O. The second kappa shape index (κ2) is 4.53. The minimum Gasteiger partial charge on any atom is -0.305 e. The number of rotatable bonds is 2. The van der Waals surface area contributed by atoms with E-state index in [9.17, 15) is 4.79 Å². The van der Waals surface area contributed by atoms with E-state index in [0.29, 0.717) is 11.3 Å². The van der Waals surface area contributed by atoms with E-state index >= 15 is 0 Å². The van der Waals surface area contributed by atoms with E-state index in [1.807, 2.05) is 40.9 Å². The predicted molar refractivity (Wildman–Crippen MR) is 77.8 cm³/mol. The summed E-state index contributed by atoms with van der Waals surface area (Å²) >= 11 is 2.23. The van der Waals surface area contributed by atoms with Crippen LogP contribution in [0, 0.1) is 3.57 Å². The molecule has 0 spiro atoms. The highest BCUT2D eigenvalue weighted by Gasteiger charge is 2.12. The number of pyridine rings is 1. The van der Waals surface area contributed by atoms with Crippen molar-refractivity contribution in [3.63, 3.8) is 0 Å². The Morgan fingerprint density at radius 3 is 2.61 bits per heavy atom. The van der Waals surface area contributed by atoms with Crippen LogP contribution in [0.1, 0.15) is 16.1 Å². The van der Waals surface area contributed by atoms with Crippen molar-refractivity contribution in [2.75, 3.05) is 0 Å². The van der Waals surface area contributed by atoms with Crippen LogP contribution < -0.4 is 0 Å². The lowest BCUT2D eigenvalue weighted by atomic mass is 10.1. The van der Waals surface area contributed by atoms with Crippen LogP contribution in [0.2, 0.25) is 0 Å². The first-order valence-electron chi connectivity index (χ1n) is 5.48. The topological polar surface area (TPSA) is 34.4 Å². The predicted octanol–water partition coefficient (Wildman–Crippen LogP) is 3.17. The van der Waals surface area contributed by atoms with Crippen LogP contribution in [0.3, 0.4) is 0 Å². The van der Waals surface area contributed by atoms with Crippen LogP contribution in [0.4, 0.5) is 0 Å². The minimum absolute atomic E-state index is 0.0469. The lowest BCUT2D eigenvalue weighted by molar-refractivity contribution is 0.103. The quantitative estimate of drug-likeness (QED) is 0.527. The smallest absolute Gasteiger partial charge is 0.212 e. The Labute approximate surface area is 118 Å². The molecule has 18 heavy (non-hydrogen) atoms. The van der Waals surface area contributed by atoms with E-state index in [4.69, 9.17) is 0 Å². The summed E-state index contributed by atoms with van der Waals surface area (Å²) < 4.78 is 2.98. The van der Waals surface area contributed by atoms with Gasteiger partial charge in [0.05, 0.1) is 0 Å². The molecule has 0 unspecified atom stereocenters. The molecule has 0 bridgehead atoms. The third kappa shape index (κ3) is 2.03. The maximum Gasteiger partial charge on any atom is 0.212 e. The average Bonchev–Trinajstić information content (AvgIpc) is 2.81. The molecule has 0 aliphatic heterocycles. The number of benzene rings is 1. The Balaban J connectivity index is 2.07. The standard InChI is InChI=1S/C14H9IN2O/c15-11-6-7-13-16-12(9-17(13)8-11)14(18)10-4-2-1-3-5-10/h1-9H. The fraction of sp³-hybridized carbons (Fsp3) is 0. The molecule has 4 heteroatoms. The van der Waals surface area contributed by atoms with E-state index in [2.05, 4.69) is 27.6 Å². The fourth-order valence-corrected chi connectivity index (χ4v) is 2.29. The number of fused-ring (bicyclic) bond motifs is 1. The molecule has 0 N–H and O–H groups in total. The van der Waals surface area contributed by atoms with Crippen LogP contribution in [-0.4, -0.2) is 15.2 Å². The van der Waals surface area contributed by atoms with Crippen molar-refractivity contribution >= 4 is 34.0 Å². The molecule has 2 heterocycles. The van der Waals surface area contributed by atoms with E-state index in [0.717, 1.165) is 9.22 Å². The van der Waals surface area contributed by atoms with Gasteiger partial charge in [-0.15, -0.1) is 0 Å². The number of hydrogen-bond donors (Lipinski definition) is 0. The van der Waals surface area contributed by atoms with Gasteiger partial charge in [-0.3, -0.25) is 4.79 Å². The van der Waals surface area contributed by atoms with Crippen LogP contribution in [0.15, 0.2) is 54.9 Å². The number of carbonyl (C=O) groups excluding carboxylic acids is 1. The summed E-state index contributed by atoms with van der Waals surface area (Å²) in [5.74, 6) is -0.0469. The summed E-state index contributed by atoms with van der Waals surface area (Å²) in [7, 11) is 0. The molecule has 0 saturated carbocycles. The van der Waals surface area contributed by atoms with Gasteiger partial charge in [-0.1, -0.05) is 30.3 Å². The molecule has 88 valence electrons. The monoisotopic (exact) mass is 348 g/mol. The second-order valence-electron chi connectivity index (χ2n) is 3.93. The number of ketones is 1. The molecule has 0 amide bonds. The molecule has 0 aliphatic rings. The Morgan fingerprint density at radius 2 is 1.83 bits per heavy atom. The van der Waals surface area contributed by atoms with E-state index < -0.39 is 0 Å². The summed E-state index contributed by atoms with van der Waals surface area (Å²) in [6.07, 6.45) is 3.72. The largest absolute Gasteiger partial charge is 0.305 e. The molecule has 3 rings (SSSR count). The first-order valence-corrected chi connectivity index (χ1v) is 6.56. The third-order valence-corrected chi connectivity index (χ3v) is 3.32. The Morgan fingerprint density at radius 1 is 1.06 bits per heavy atom. The fourth-order valence-electron chi connectivity index (χ4n) is 1.81. The van der Waals surface area contributed by atoms with Crippen molar-refractivity contribution in [1.82, 2.24) is 9.38 Å². The first-order chi connectivity index (χ1) is 8.74. The van der Waals surface area contributed by atoms with Crippen molar-refractivity contribution in [2.24, 2.45) is 0 Å². The number of aromatic nitrogens is 2. The summed E-state index contributed by atoms with van der Waals surface area (Å²) in [6.45, 7) is 0. The molecule has 3 aromatic rings. The third-order valence-electron chi connectivity index (χ3n) is 2.68. The number of halogens is 1. The summed E-state index contributed by atoms with van der Waals surface area (Å²) in [5, 5.41) is 0. The van der Waals surface area contributed by atoms with Crippen LogP contribution in [0.5, 0.6) is 0 Å². The molecule has 1 aromatic carbocycles. The molecule has 0 atom stereocenters. The molecule has 0 fully saturated rings. The maximum absolute atomic E-state index is 12.2. The molecule has 2 aromatic heterocycles. The second-order valence-corrected chi connectivity index (χ2v) is 5.18. The van der Waals surface area contributed by atoms with Gasteiger partial charge in [0, 0.05) is 21.5 Å². The molecule has 0 radical (unpaired) electrons. The summed E-state index contributed by atoms with van der Waals surface area (Å²) in [6, 6.07) is 13.1. The van der Waals surface area contributed by atoms with Gasteiger partial charge in [0.2, 0.25) is 5.78 Å². The Kier molecular flexibility index (Phi) is 2.87. The number of imidazole rings is 1. The van der Waals surface area contributed by atoms with Crippen molar-refractivity contribution in [1.29, 1.82) is 0 Å². The molecular weight excluding hydrogens is 339 g/mol. The van der Waals surface area contributed by atoms with Crippen LogP contribution >= 0.6 is 22.6 Å². The molecule has 0 saturated heterocycles. The normalized spacial score (nSPS) is 10.7. The lowest BCUT2D eigenvalue weighted by Crippen LogP contribution is -2.00. The highest BCUT2D eigenvalue weighted by molar-refractivity contribution is 14.1. The van der Waals surface area contributed by atoms with Gasteiger partial charge >= 0.3 is 0 Å². The van der Waals surface area contributed by atoms with Crippen LogP contribution in [0.25, 0.3) is 5.65 Å². The lowest BCUT2D eigenvalue weighted by Gasteiger charge is -1.95. The maximum atomic E-state index is 12.2. The van der Waals surface area contributed by atoms with Crippen molar-refractivity contribution < 1.29 is 4.79 Å². The zero-order valence-electron chi connectivity index (χ0n) is 9.38. The van der Waals surface area contributed by atoms with E-state index in [-0.39, 0.29) is 5.78 Å². The van der Waals surface area contributed by atoms with Gasteiger partial charge in [-0.25, -0.2) is 4.98 Å². The van der Waals surface area contributed by atoms with Crippen molar-refractivity contribution in [3.8, 4) is 0 Å². The van der Waals surface area contributed by atoms with E-state index in [1.54, 1.807) is 18.3 Å². The van der Waals surface area contributed by atoms with Gasteiger partial charge in [-0.05, 0) is 34.7 Å². The zero-order chi connectivity index (χ0) is 12.5. The summed E-state index contributed by atoms with van der Waals surface area (Å²) in [5.41, 5.74) is 1.92. The van der Waals surface area contributed by atoms with Crippen molar-refractivity contribution in [2.45, 2.75) is 0 Å². The van der Waals surface area contributed by atoms with Gasteiger partial charge in [0.1, 0.15) is 11.3 Å². The molecule has 0 aliphatic carbocycles. The Bertz CT molecular complexity index is 719.